The van der Waals surface area contributed by atoms with Crippen LogP contribution in [-0.4, -0.2) is 36.7 Å². The Morgan fingerprint density at radius 3 is 2.42 bits per heavy atom. The molecule has 1 heterocycles. The maximum absolute atomic E-state index is 9.95. The number of piperidine rings is 1. The Balaban J connectivity index is 2.19. The van der Waals surface area contributed by atoms with Gasteiger partial charge in [0.05, 0.1) is 5.70 Å². The molecule has 0 radical (unpaired) electrons. The number of nitrogens with one attached hydrogen (secondary N) is 1. The Morgan fingerprint density at radius 2 is 1.88 bits per heavy atom. The highest BCUT2D eigenvalue weighted by Gasteiger charge is 2.30. The number of aromatic hydroxyl groups is 1. The molecule has 0 saturated carbocycles. The topological polar surface area (TPSA) is 114 Å². The van der Waals surface area contributed by atoms with Gasteiger partial charge in [-0.05, 0) is 43.5 Å². The molecule has 0 atom stereocenters. The third-order valence-electron chi connectivity index (χ3n) is 4.72. The van der Waals surface area contributed by atoms with Gasteiger partial charge in [-0.15, -0.1) is 0 Å². The number of phenolic OH excluding ortho intramolecular Hbond substituents is 1. The Labute approximate surface area is 144 Å². The summed E-state index contributed by atoms with van der Waals surface area (Å²) in [4.78, 5) is 2.17. The minimum absolute atomic E-state index is 0.140. The minimum Gasteiger partial charge on any atom is -0.507 e. The molecule has 132 valence electrons. The first-order valence-corrected chi connectivity index (χ1v) is 8.26. The van der Waals surface area contributed by atoms with Gasteiger partial charge < -0.3 is 32.5 Å². The second kappa shape index (κ2) is 7.49. The molecule has 1 fully saturated rings. The number of allylic oxidation sites excluding steroid dienone is 1. The van der Waals surface area contributed by atoms with E-state index >= 15 is 0 Å². The predicted molar refractivity (Wildman–Crippen MR) is 98.5 cm³/mol. The third-order valence-corrected chi connectivity index (χ3v) is 4.72. The first-order valence-electron chi connectivity index (χ1n) is 8.26. The lowest BCUT2D eigenvalue weighted by atomic mass is 9.80. The smallest absolute Gasteiger partial charge is 0.124 e. The molecule has 1 aliphatic heterocycles. The van der Waals surface area contributed by atoms with Crippen molar-refractivity contribution in [2.75, 3.05) is 26.7 Å². The van der Waals surface area contributed by atoms with Crippen LogP contribution in [0.4, 0.5) is 0 Å². The largest absolute Gasteiger partial charge is 0.507 e. The van der Waals surface area contributed by atoms with Crippen molar-refractivity contribution in [2.45, 2.75) is 19.8 Å². The van der Waals surface area contributed by atoms with E-state index in [4.69, 9.17) is 17.2 Å². The summed E-state index contributed by atoms with van der Waals surface area (Å²) in [6.45, 7) is 5.03. The van der Waals surface area contributed by atoms with Crippen LogP contribution >= 0.6 is 0 Å². The van der Waals surface area contributed by atoms with Crippen LogP contribution in [0.25, 0.3) is 5.70 Å². The van der Waals surface area contributed by atoms with Crippen LogP contribution in [0.2, 0.25) is 0 Å². The summed E-state index contributed by atoms with van der Waals surface area (Å²) in [6, 6.07) is 6.96. The Kier molecular flexibility index (Phi) is 5.62. The zero-order chi connectivity index (χ0) is 17.7. The van der Waals surface area contributed by atoms with E-state index in [0.717, 1.165) is 38.2 Å². The second-order valence-corrected chi connectivity index (χ2v) is 6.79. The first kappa shape index (κ1) is 18.0. The van der Waals surface area contributed by atoms with Gasteiger partial charge in [0.25, 0.3) is 0 Å². The number of likely N-dealkylation sites (tertiary alicyclic amines) is 1. The van der Waals surface area contributed by atoms with Gasteiger partial charge in [0, 0.05) is 30.9 Å². The van der Waals surface area contributed by atoms with Gasteiger partial charge >= 0.3 is 0 Å². The number of hydrogen-bond donors (Lipinski definition) is 5. The fraction of sp³-hybridized carbons (Fsp3) is 0.444. The molecule has 1 aromatic rings. The molecule has 6 nitrogen and oxygen atoms in total. The molecule has 0 spiro atoms. The lowest BCUT2D eigenvalue weighted by Crippen LogP contribution is -2.43. The molecule has 0 aliphatic carbocycles. The number of phenols is 1. The number of nitrogens with two attached hydrogens (primary N) is 3. The molecule has 0 unspecified atom stereocenters. The van der Waals surface area contributed by atoms with Crippen LogP contribution in [0.5, 0.6) is 5.75 Å². The van der Waals surface area contributed by atoms with Crippen LogP contribution in [0.1, 0.15) is 25.3 Å². The molecule has 1 saturated heterocycles. The number of benzene rings is 1. The number of hydrogen-bond acceptors (Lipinski definition) is 6. The van der Waals surface area contributed by atoms with Crippen LogP contribution < -0.4 is 22.5 Å². The molecule has 8 N–H and O–H groups in total. The summed E-state index contributed by atoms with van der Waals surface area (Å²) in [7, 11) is 1.98. The number of nitrogens with zero attached hydrogens (tertiary/aromatic N) is 1. The average molecular weight is 331 g/mol. The van der Waals surface area contributed by atoms with Gasteiger partial charge in [-0.3, -0.25) is 0 Å². The van der Waals surface area contributed by atoms with Crippen molar-refractivity contribution >= 4 is 5.70 Å². The maximum Gasteiger partial charge on any atom is 0.124 e. The first-order chi connectivity index (χ1) is 11.4. The van der Waals surface area contributed by atoms with Crippen molar-refractivity contribution in [2.24, 2.45) is 22.6 Å². The number of para-hydroxylation sites is 1. The summed E-state index contributed by atoms with van der Waals surface area (Å²) >= 11 is 0. The van der Waals surface area contributed by atoms with E-state index in [0.29, 0.717) is 11.3 Å². The summed E-state index contributed by atoms with van der Waals surface area (Å²) in [5, 5.41) is 13.2. The minimum atomic E-state index is 0.140. The van der Waals surface area contributed by atoms with Crippen molar-refractivity contribution in [3.05, 3.63) is 47.4 Å². The standard InChI is InChI=1S/C18H29N5O/c1-18(12-22-2)7-9-23(10-8-18)15(17(20)21)11-14(19)13-5-3-4-6-16(13)24/h3-6,11,22,24H,7-10,12,19-21H2,1-2H3/b14-11-. The summed E-state index contributed by atoms with van der Waals surface area (Å²) in [6.07, 6.45) is 3.86. The van der Waals surface area contributed by atoms with E-state index in [1.54, 1.807) is 24.3 Å². The van der Waals surface area contributed by atoms with Crippen LogP contribution in [0, 0.1) is 5.41 Å². The second-order valence-electron chi connectivity index (χ2n) is 6.79. The molecule has 0 amide bonds. The Morgan fingerprint density at radius 1 is 1.25 bits per heavy atom. The lowest BCUT2D eigenvalue weighted by molar-refractivity contribution is 0.146. The average Bonchev–Trinajstić information content (AvgIpc) is 2.54. The SMILES string of the molecule is CNCC1(C)CCN(C(/C=C(\N)c2ccccc2O)=C(N)N)CC1. The molecule has 0 bridgehead atoms. The van der Waals surface area contributed by atoms with Crippen LogP contribution in [0.15, 0.2) is 41.9 Å². The van der Waals surface area contributed by atoms with Gasteiger partial charge in [0.15, 0.2) is 0 Å². The van der Waals surface area contributed by atoms with Crippen molar-refractivity contribution in [3.63, 3.8) is 0 Å². The third kappa shape index (κ3) is 4.14. The van der Waals surface area contributed by atoms with Crippen LogP contribution in [0.3, 0.4) is 0 Å². The monoisotopic (exact) mass is 331 g/mol. The normalized spacial score (nSPS) is 17.6. The molecule has 1 aliphatic rings. The highest BCUT2D eigenvalue weighted by molar-refractivity contribution is 5.69. The van der Waals surface area contributed by atoms with Gasteiger partial charge in [-0.2, -0.15) is 0 Å². The molecule has 2 rings (SSSR count). The molecule has 0 aromatic heterocycles. The van der Waals surface area contributed by atoms with Crippen LogP contribution in [-0.2, 0) is 0 Å². The zero-order valence-electron chi connectivity index (χ0n) is 14.5. The predicted octanol–water partition coefficient (Wildman–Crippen LogP) is 1.10. The van der Waals surface area contributed by atoms with Crippen molar-refractivity contribution in [1.29, 1.82) is 0 Å². The molecular weight excluding hydrogens is 302 g/mol. The van der Waals surface area contributed by atoms with E-state index in [-0.39, 0.29) is 17.0 Å². The summed E-state index contributed by atoms with van der Waals surface area (Å²) < 4.78 is 0. The highest BCUT2D eigenvalue weighted by atomic mass is 16.3. The van der Waals surface area contributed by atoms with Gasteiger partial charge in [0.1, 0.15) is 11.6 Å². The fourth-order valence-electron chi connectivity index (χ4n) is 3.19. The van der Waals surface area contributed by atoms with Crippen molar-refractivity contribution < 1.29 is 5.11 Å². The van der Waals surface area contributed by atoms with E-state index in [1.165, 1.54) is 0 Å². The van der Waals surface area contributed by atoms with Gasteiger partial charge in [-0.25, -0.2) is 0 Å². The highest BCUT2D eigenvalue weighted by Crippen LogP contribution is 2.32. The quantitative estimate of drug-likeness (QED) is 0.516. The van der Waals surface area contributed by atoms with Gasteiger partial charge in [-0.1, -0.05) is 19.1 Å². The summed E-state index contributed by atoms with van der Waals surface area (Å²) in [5.74, 6) is 0.382. The zero-order valence-corrected chi connectivity index (χ0v) is 14.5. The van der Waals surface area contributed by atoms with E-state index in [1.807, 2.05) is 13.1 Å². The Bertz CT molecular complexity index is 626. The molecular formula is C18H29N5O. The van der Waals surface area contributed by atoms with Crippen molar-refractivity contribution in [1.82, 2.24) is 10.2 Å². The number of rotatable bonds is 5. The van der Waals surface area contributed by atoms with Gasteiger partial charge in [0.2, 0.25) is 0 Å². The fourth-order valence-corrected chi connectivity index (χ4v) is 3.19. The molecule has 1 aromatic carbocycles. The maximum atomic E-state index is 9.95. The molecule has 6 heteroatoms. The lowest BCUT2D eigenvalue weighted by Gasteiger charge is -2.41. The van der Waals surface area contributed by atoms with E-state index in [9.17, 15) is 5.11 Å². The van der Waals surface area contributed by atoms with Crippen molar-refractivity contribution in [3.8, 4) is 5.75 Å². The Hall–Kier alpha value is -2.34. The molecule has 24 heavy (non-hydrogen) atoms. The van der Waals surface area contributed by atoms with E-state index in [2.05, 4.69) is 17.1 Å². The summed E-state index contributed by atoms with van der Waals surface area (Å²) in [5.41, 5.74) is 20.0. The van der Waals surface area contributed by atoms with E-state index < -0.39 is 0 Å².